The molecule has 0 spiro atoms. The summed E-state index contributed by atoms with van der Waals surface area (Å²) in [5.74, 6) is 5.27. The molecule has 0 aromatic carbocycles. The van der Waals surface area contributed by atoms with E-state index >= 15 is 0 Å². The van der Waals surface area contributed by atoms with Gasteiger partial charge in [0.05, 0.1) is 0 Å². The number of fused-ring (bicyclic) bond motifs is 1. The second-order valence-corrected chi connectivity index (χ2v) is 5.00. The molecule has 4 atom stereocenters. The Morgan fingerprint density at radius 3 is 2.18 bits per heavy atom. The van der Waals surface area contributed by atoms with Crippen LogP contribution in [0.5, 0.6) is 0 Å². The molecule has 0 heterocycles. The average Bonchev–Trinajstić information content (AvgIpc) is 2.03. The highest BCUT2D eigenvalue weighted by Crippen LogP contribution is 2.54. The van der Waals surface area contributed by atoms with Gasteiger partial charge in [0.2, 0.25) is 0 Å². The van der Waals surface area contributed by atoms with Crippen molar-refractivity contribution in [1.82, 2.24) is 0 Å². The van der Waals surface area contributed by atoms with E-state index in [0.29, 0.717) is 0 Å². The van der Waals surface area contributed by atoms with Gasteiger partial charge in [0.15, 0.2) is 0 Å². The first-order chi connectivity index (χ1) is 5.20. The molecule has 0 aromatic heterocycles. The van der Waals surface area contributed by atoms with Crippen LogP contribution in [0.4, 0.5) is 0 Å². The Morgan fingerprint density at radius 1 is 1.18 bits per heavy atom. The molecular formula is C11H20. The second kappa shape index (κ2) is 2.50. The monoisotopic (exact) mass is 152 g/mol. The quantitative estimate of drug-likeness (QED) is 0.540. The highest BCUT2D eigenvalue weighted by molar-refractivity contribution is 4.95. The summed E-state index contributed by atoms with van der Waals surface area (Å²) in [6, 6.07) is 0. The minimum atomic E-state index is 0.926. The van der Waals surface area contributed by atoms with Crippen LogP contribution in [0, 0.1) is 29.6 Å². The zero-order valence-corrected chi connectivity index (χ0v) is 8.01. The summed E-state index contributed by atoms with van der Waals surface area (Å²) < 4.78 is 0. The lowest BCUT2D eigenvalue weighted by molar-refractivity contribution is 0.171. The van der Waals surface area contributed by atoms with Gasteiger partial charge in [-0.05, 0) is 48.9 Å². The summed E-state index contributed by atoms with van der Waals surface area (Å²) in [5.41, 5.74) is 0. The van der Waals surface area contributed by atoms with Crippen molar-refractivity contribution in [3.8, 4) is 0 Å². The Labute approximate surface area is 70.4 Å². The van der Waals surface area contributed by atoms with Crippen molar-refractivity contribution in [3.63, 3.8) is 0 Å². The van der Waals surface area contributed by atoms with E-state index in [9.17, 15) is 0 Å². The Hall–Kier alpha value is 0. The molecule has 11 heavy (non-hydrogen) atoms. The normalized spacial score (nSPS) is 49.1. The fourth-order valence-corrected chi connectivity index (χ4v) is 3.34. The van der Waals surface area contributed by atoms with Crippen LogP contribution in [0.25, 0.3) is 0 Å². The van der Waals surface area contributed by atoms with E-state index in [4.69, 9.17) is 0 Å². The van der Waals surface area contributed by atoms with Gasteiger partial charge in [0, 0.05) is 0 Å². The fraction of sp³-hybridized carbons (Fsp3) is 1.00. The van der Waals surface area contributed by atoms with Crippen molar-refractivity contribution in [3.05, 3.63) is 0 Å². The van der Waals surface area contributed by atoms with Crippen LogP contribution < -0.4 is 0 Å². The van der Waals surface area contributed by atoms with Crippen molar-refractivity contribution in [2.24, 2.45) is 29.6 Å². The standard InChI is InChI=1S/C11H20/c1-7(2)11-6-9-4-5-10(9)8(11)3/h7-11H,4-6H2,1-3H3. The van der Waals surface area contributed by atoms with E-state index in [1.165, 1.54) is 12.8 Å². The second-order valence-electron chi connectivity index (χ2n) is 5.00. The van der Waals surface area contributed by atoms with E-state index in [1.54, 1.807) is 6.42 Å². The van der Waals surface area contributed by atoms with E-state index in [0.717, 1.165) is 29.6 Å². The molecule has 2 rings (SSSR count). The highest BCUT2D eigenvalue weighted by Gasteiger charge is 2.46. The average molecular weight is 152 g/mol. The summed E-state index contributed by atoms with van der Waals surface area (Å²) in [6.45, 7) is 7.27. The SMILES string of the molecule is CC(C)C1CC2CCC2C1C. The van der Waals surface area contributed by atoms with Crippen LogP contribution in [0.1, 0.15) is 40.0 Å². The van der Waals surface area contributed by atoms with Crippen molar-refractivity contribution < 1.29 is 0 Å². The summed E-state index contributed by atoms with van der Waals surface area (Å²) in [7, 11) is 0. The Balaban J connectivity index is 2.03. The summed E-state index contributed by atoms with van der Waals surface area (Å²) in [6.07, 6.45) is 4.62. The first-order valence-electron chi connectivity index (χ1n) is 5.20. The smallest absolute Gasteiger partial charge is 0.0357 e. The van der Waals surface area contributed by atoms with Crippen molar-refractivity contribution >= 4 is 0 Å². The molecule has 2 aliphatic carbocycles. The molecule has 0 aliphatic heterocycles. The van der Waals surface area contributed by atoms with Crippen molar-refractivity contribution in [2.45, 2.75) is 40.0 Å². The lowest BCUT2D eigenvalue weighted by atomic mass is 9.73. The summed E-state index contributed by atoms with van der Waals surface area (Å²) >= 11 is 0. The van der Waals surface area contributed by atoms with Crippen LogP contribution in [0.15, 0.2) is 0 Å². The predicted octanol–water partition coefficient (Wildman–Crippen LogP) is 3.32. The van der Waals surface area contributed by atoms with Gasteiger partial charge >= 0.3 is 0 Å². The lowest BCUT2D eigenvalue weighted by Gasteiger charge is -2.33. The van der Waals surface area contributed by atoms with Crippen LogP contribution >= 0.6 is 0 Å². The van der Waals surface area contributed by atoms with E-state index < -0.39 is 0 Å². The van der Waals surface area contributed by atoms with Gasteiger partial charge in [-0.2, -0.15) is 0 Å². The van der Waals surface area contributed by atoms with Gasteiger partial charge in [-0.15, -0.1) is 0 Å². The Morgan fingerprint density at radius 2 is 1.91 bits per heavy atom. The predicted molar refractivity (Wildman–Crippen MR) is 48.3 cm³/mol. The third kappa shape index (κ3) is 1.02. The molecule has 2 saturated carbocycles. The molecule has 0 saturated heterocycles. The third-order valence-electron chi connectivity index (χ3n) is 4.26. The van der Waals surface area contributed by atoms with Gasteiger partial charge in [0.25, 0.3) is 0 Å². The molecule has 0 bridgehead atoms. The van der Waals surface area contributed by atoms with Gasteiger partial charge in [-0.3, -0.25) is 0 Å². The zero-order chi connectivity index (χ0) is 8.01. The van der Waals surface area contributed by atoms with Crippen LogP contribution in [-0.2, 0) is 0 Å². The maximum atomic E-state index is 2.48. The first kappa shape index (κ1) is 7.64. The number of hydrogen-bond acceptors (Lipinski definition) is 0. The fourth-order valence-electron chi connectivity index (χ4n) is 3.34. The first-order valence-corrected chi connectivity index (χ1v) is 5.20. The molecule has 0 aromatic rings. The zero-order valence-electron chi connectivity index (χ0n) is 8.01. The lowest BCUT2D eigenvalue weighted by Crippen LogP contribution is -2.24. The van der Waals surface area contributed by atoms with Crippen molar-refractivity contribution in [2.75, 3.05) is 0 Å². The van der Waals surface area contributed by atoms with Gasteiger partial charge in [-0.1, -0.05) is 20.8 Å². The van der Waals surface area contributed by atoms with Crippen LogP contribution in [0.3, 0.4) is 0 Å². The minimum absolute atomic E-state index is 0.926. The topological polar surface area (TPSA) is 0 Å². The van der Waals surface area contributed by atoms with Gasteiger partial charge in [-0.25, -0.2) is 0 Å². The Kier molecular flexibility index (Phi) is 1.74. The summed E-state index contributed by atoms with van der Waals surface area (Å²) in [4.78, 5) is 0. The molecule has 4 unspecified atom stereocenters. The molecule has 0 nitrogen and oxygen atoms in total. The molecule has 64 valence electrons. The van der Waals surface area contributed by atoms with Crippen molar-refractivity contribution in [1.29, 1.82) is 0 Å². The van der Waals surface area contributed by atoms with Crippen LogP contribution in [-0.4, -0.2) is 0 Å². The number of rotatable bonds is 1. The van der Waals surface area contributed by atoms with E-state index in [2.05, 4.69) is 20.8 Å². The summed E-state index contributed by atoms with van der Waals surface area (Å²) in [5, 5.41) is 0. The molecular weight excluding hydrogens is 132 g/mol. The Bertz CT molecular complexity index is 148. The third-order valence-corrected chi connectivity index (χ3v) is 4.26. The maximum Gasteiger partial charge on any atom is -0.0357 e. The number of hydrogen-bond donors (Lipinski definition) is 0. The molecule has 2 fully saturated rings. The maximum absolute atomic E-state index is 2.48. The van der Waals surface area contributed by atoms with E-state index in [-0.39, 0.29) is 0 Å². The van der Waals surface area contributed by atoms with E-state index in [1.807, 2.05) is 0 Å². The van der Waals surface area contributed by atoms with Gasteiger partial charge < -0.3 is 0 Å². The van der Waals surface area contributed by atoms with Crippen LogP contribution in [0.2, 0.25) is 0 Å². The minimum Gasteiger partial charge on any atom is -0.0625 e. The molecule has 2 aliphatic rings. The molecule has 0 radical (unpaired) electrons. The largest absolute Gasteiger partial charge is 0.0625 e. The van der Waals surface area contributed by atoms with Gasteiger partial charge in [0.1, 0.15) is 0 Å². The molecule has 0 heteroatoms. The molecule has 0 N–H and O–H groups in total. The molecule has 0 amide bonds. The highest BCUT2D eigenvalue weighted by atomic mass is 14.5.